The molecule has 8 nitrogen and oxygen atoms in total. The number of hydrogen-bond donors (Lipinski definition) is 2. The Hall–Kier alpha value is -4.24. The lowest BCUT2D eigenvalue weighted by Crippen LogP contribution is -2.44. The van der Waals surface area contributed by atoms with Crippen LogP contribution in [0.1, 0.15) is 37.9 Å². The van der Waals surface area contributed by atoms with E-state index in [4.69, 9.17) is 11.6 Å². The third-order valence-corrected chi connectivity index (χ3v) is 5.77. The molecule has 0 atom stereocenters. The highest BCUT2D eigenvalue weighted by molar-refractivity contribution is 6.32. The van der Waals surface area contributed by atoms with Crippen LogP contribution < -0.4 is 16.3 Å². The third kappa shape index (κ3) is 4.71. The first kappa shape index (κ1) is 23.9. The summed E-state index contributed by atoms with van der Waals surface area (Å²) in [5.74, 6) is -1.83. The minimum atomic E-state index is -0.878. The molecule has 0 aliphatic rings. The largest absolute Gasteiger partial charge is 0.318 e. The quantitative estimate of drug-likeness (QED) is 0.422. The fraction of sp³-hybridized carbons (Fsp3) is 0.120. The number of aromatic nitrogens is 3. The second-order valence-electron chi connectivity index (χ2n) is 7.87. The minimum Gasteiger partial charge on any atom is -0.318 e. The lowest BCUT2D eigenvalue weighted by Gasteiger charge is -2.13. The summed E-state index contributed by atoms with van der Waals surface area (Å²) in [7, 11) is 0. The smallest absolute Gasteiger partial charge is 0.294 e. The van der Waals surface area contributed by atoms with Gasteiger partial charge in [-0.25, -0.2) is 9.07 Å². The number of nitrogens with zero attached hydrogens (tertiary/aromatic N) is 3. The van der Waals surface area contributed by atoms with Gasteiger partial charge in [-0.1, -0.05) is 23.7 Å². The summed E-state index contributed by atoms with van der Waals surface area (Å²) < 4.78 is 16.5. The Morgan fingerprint density at radius 3 is 2.26 bits per heavy atom. The first-order chi connectivity index (χ1) is 16.7. The second kappa shape index (κ2) is 9.55. The van der Waals surface area contributed by atoms with Crippen molar-refractivity contribution in [2.75, 3.05) is 0 Å². The van der Waals surface area contributed by atoms with Gasteiger partial charge in [-0.3, -0.25) is 25.2 Å². The van der Waals surface area contributed by atoms with Crippen LogP contribution in [-0.2, 0) is 0 Å². The van der Waals surface area contributed by atoms with Gasteiger partial charge in [0.15, 0.2) is 5.69 Å². The number of hydrogen-bond acceptors (Lipinski definition) is 4. The minimum absolute atomic E-state index is 0.303. The van der Waals surface area contributed by atoms with E-state index in [1.807, 2.05) is 0 Å². The van der Waals surface area contributed by atoms with E-state index in [2.05, 4.69) is 16.0 Å². The van der Waals surface area contributed by atoms with Crippen LogP contribution in [0, 0.1) is 26.6 Å². The zero-order valence-electron chi connectivity index (χ0n) is 19.1. The molecule has 0 radical (unpaired) electrons. The van der Waals surface area contributed by atoms with E-state index in [9.17, 15) is 18.8 Å². The van der Waals surface area contributed by atoms with Gasteiger partial charge in [0, 0.05) is 28.8 Å². The maximum absolute atomic E-state index is 13.3. The van der Waals surface area contributed by atoms with Gasteiger partial charge < -0.3 is 4.57 Å². The average Bonchev–Trinajstić information content (AvgIpc) is 3.12. The van der Waals surface area contributed by atoms with Crippen LogP contribution in [0.2, 0.25) is 5.02 Å². The number of amides is 2. The molecule has 2 heterocycles. The van der Waals surface area contributed by atoms with E-state index in [-0.39, 0.29) is 5.82 Å². The Morgan fingerprint density at radius 1 is 0.914 bits per heavy atom. The summed E-state index contributed by atoms with van der Waals surface area (Å²) >= 11 is 6.24. The lowest BCUT2D eigenvalue weighted by atomic mass is 10.2. The Bertz CT molecular complexity index is 1510. The van der Waals surface area contributed by atoms with Gasteiger partial charge in [-0.05, 0) is 63.2 Å². The van der Waals surface area contributed by atoms with Crippen molar-refractivity contribution in [2.45, 2.75) is 20.8 Å². The van der Waals surface area contributed by atoms with Crippen molar-refractivity contribution >= 4 is 23.4 Å². The first-order valence-electron chi connectivity index (χ1n) is 10.6. The van der Waals surface area contributed by atoms with Crippen molar-refractivity contribution in [1.82, 2.24) is 25.2 Å². The Kier molecular flexibility index (Phi) is 6.52. The number of para-hydroxylation sites is 1. The highest BCUT2D eigenvalue weighted by atomic mass is 35.5. The SMILES string of the molecule is Cc1cc(=O)c(C(=O)NNC(=O)c2cc(C)n(-c3ccc(F)cc3)c2C)nn1-c1ccccc1Cl. The van der Waals surface area contributed by atoms with E-state index in [1.165, 1.54) is 22.9 Å². The van der Waals surface area contributed by atoms with E-state index in [0.717, 1.165) is 5.69 Å². The van der Waals surface area contributed by atoms with Crippen LogP contribution in [0.15, 0.2) is 65.5 Å². The second-order valence-corrected chi connectivity index (χ2v) is 8.27. The molecule has 0 bridgehead atoms. The highest BCUT2D eigenvalue weighted by Gasteiger charge is 2.20. The number of halogens is 2. The Morgan fingerprint density at radius 2 is 1.57 bits per heavy atom. The Labute approximate surface area is 204 Å². The van der Waals surface area contributed by atoms with Crippen molar-refractivity contribution in [2.24, 2.45) is 0 Å². The van der Waals surface area contributed by atoms with Crippen molar-refractivity contribution in [3.63, 3.8) is 0 Å². The van der Waals surface area contributed by atoms with Crippen LogP contribution in [0.5, 0.6) is 0 Å². The molecule has 0 aliphatic carbocycles. The molecule has 10 heteroatoms. The molecule has 2 aromatic heterocycles. The van der Waals surface area contributed by atoms with Crippen LogP contribution in [-0.4, -0.2) is 26.2 Å². The van der Waals surface area contributed by atoms with Gasteiger partial charge in [-0.15, -0.1) is 0 Å². The number of carbonyl (C=O) groups is 2. The molecule has 2 aromatic carbocycles. The molecule has 0 saturated heterocycles. The molecule has 178 valence electrons. The van der Waals surface area contributed by atoms with Gasteiger partial charge >= 0.3 is 0 Å². The third-order valence-electron chi connectivity index (χ3n) is 5.45. The molecule has 4 aromatic rings. The molecule has 35 heavy (non-hydrogen) atoms. The zero-order valence-corrected chi connectivity index (χ0v) is 19.9. The van der Waals surface area contributed by atoms with Crippen molar-refractivity contribution < 1.29 is 14.0 Å². The first-order valence-corrected chi connectivity index (χ1v) is 11.0. The predicted molar refractivity (Wildman–Crippen MR) is 130 cm³/mol. The van der Waals surface area contributed by atoms with Gasteiger partial charge in [-0.2, -0.15) is 5.10 Å². The molecule has 2 amide bonds. The zero-order chi connectivity index (χ0) is 25.3. The van der Waals surface area contributed by atoms with Crippen molar-refractivity contribution in [3.05, 3.63) is 110 Å². The van der Waals surface area contributed by atoms with Gasteiger partial charge in [0.05, 0.1) is 16.3 Å². The van der Waals surface area contributed by atoms with E-state index in [1.54, 1.807) is 67.8 Å². The number of rotatable bonds is 4. The molecule has 0 spiro atoms. The molecule has 2 N–H and O–H groups in total. The van der Waals surface area contributed by atoms with E-state index in [0.29, 0.717) is 33.3 Å². The molecule has 0 unspecified atom stereocenters. The number of benzene rings is 2. The maximum Gasteiger partial charge on any atom is 0.294 e. The molecule has 0 saturated carbocycles. The monoisotopic (exact) mass is 493 g/mol. The predicted octanol–water partition coefficient (Wildman–Crippen LogP) is 3.82. The van der Waals surface area contributed by atoms with Gasteiger partial charge in [0.2, 0.25) is 5.43 Å². The van der Waals surface area contributed by atoms with Crippen molar-refractivity contribution in [1.29, 1.82) is 0 Å². The molecular weight excluding hydrogens is 473 g/mol. The summed E-state index contributed by atoms with van der Waals surface area (Å²) in [6.07, 6.45) is 0. The number of carbonyl (C=O) groups excluding carboxylic acids is 2. The summed E-state index contributed by atoms with van der Waals surface area (Å²) in [6.45, 7) is 5.20. The van der Waals surface area contributed by atoms with Gasteiger partial charge in [0.25, 0.3) is 11.8 Å². The van der Waals surface area contributed by atoms with Crippen LogP contribution in [0.25, 0.3) is 11.4 Å². The van der Waals surface area contributed by atoms with Gasteiger partial charge in [0.1, 0.15) is 5.82 Å². The van der Waals surface area contributed by atoms with E-state index < -0.39 is 22.9 Å². The number of hydrazine groups is 1. The summed E-state index contributed by atoms with van der Waals surface area (Å²) in [6, 6.07) is 15.7. The fourth-order valence-corrected chi connectivity index (χ4v) is 4.01. The summed E-state index contributed by atoms with van der Waals surface area (Å²) in [5, 5.41) is 4.55. The average molecular weight is 494 g/mol. The molecule has 4 rings (SSSR count). The van der Waals surface area contributed by atoms with Crippen LogP contribution in [0.3, 0.4) is 0 Å². The summed E-state index contributed by atoms with van der Waals surface area (Å²) in [4.78, 5) is 38.0. The maximum atomic E-state index is 13.3. The fourth-order valence-electron chi connectivity index (χ4n) is 3.79. The molecule has 0 aliphatic heterocycles. The topological polar surface area (TPSA) is 98.0 Å². The molecular formula is C25H21ClFN5O3. The molecule has 0 fully saturated rings. The highest BCUT2D eigenvalue weighted by Crippen LogP contribution is 2.21. The van der Waals surface area contributed by atoms with E-state index >= 15 is 0 Å². The number of aryl methyl sites for hydroxylation is 2. The lowest BCUT2D eigenvalue weighted by molar-refractivity contribution is 0.0842. The Balaban J connectivity index is 1.56. The van der Waals surface area contributed by atoms with Crippen LogP contribution >= 0.6 is 11.6 Å². The normalized spacial score (nSPS) is 10.8. The van der Waals surface area contributed by atoms with Crippen molar-refractivity contribution in [3.8, 4) is 11.4 Å². The summed E-state index contributed by atoms with van der Waals surface area (Å²) in [5.41, 5.74) is 6.87. The number of nitrogens with one attached hydrogen (secondary N) is 2. The standard InChI is InChI=1S/C25H21ClFN5O3/c1-14-12-19(16(3)31(14)18-10-8-17(27)9-11-18)24(34)28-29-25(35)23-22(33)13-15(2)32(30-23)21-7-5-4-6-20(21)26/h4-13H,1-3H3,(H,28,34)(H,29,35). The van der Waals surface area contributed by atoms with Crippen LogP contribution in [0.4, 0.5) is 4.39 Å².